The lowest BCUT2D eigenvalue weighted by Gasteiger charge is -2.38. The van der Waals surface area contributed by atoms with E-state index in [0.29, 0.717) is 26.0 Å². The Balaban J connectivity index is 1.61. The van der Waals surface area contributed by atoms with Crippen molar-refractivity contribution < 1.29 is 14.3 Å². The maximum absolute atomic E-state index is 13.7. The minimum atomic E-state index is -0.985. The van der Waals surface area contributed by atoms with E-state index in [9.17, 15) is 9.59 Å². The van der Waals surface area contributed by atoms with Crippen LogP contribution in [0.5, 0.6) is 0 Å². The molecule has 0 radical (unpaired) electrons. The summed E-state index contributed by atoms with van der Waals surface area (Å²) in [5.41, 5.74) is 1.07. The molecule has 2 saturated heterocycles. The van der Waals surface area contributed by atoms with Gasteiger partial charge in [0.2, 0.25) is 0 Å². The summed E-state index contributed by atoms with van der Waals surface area (Å²) in [5.74, 6) is -0.161. The Labute approximate surface area is 177 Å². The van der Waals surface area contributed by atoms with Gasteiger partial charge in [-0.05, 0) is 25.0 Å². The third-order valence-electron chi connectivity index (χ3n) is 6.00. The minimum Gasteiger partial charge on any atom is -0.376 e. The van der Waals surface area contributed by atoms with Crippen LogP contribution in [0.15, 0.2) is 60.7 Å². The first-order chi connectivity index (χ1) is 14.5. The Hall–Kier alpha value is -2.70. The molecule has 3 amide bonds. The van der Waals surface area contributed by atoms with Gasteiger partial charge in [-0.15, -0.1) is 0 Å². The first-order valence-electron chi connectivity index (χ1n) is 10.5. The molecule has 30 heavy (non-hydrogen) atoms. The van der Waals surface area contributed by atoms with E-state index in [-0.39, 0.29) is 30.8 Å². The van der Waals surface area contributed by atoms with E-state index in [4.69, 9.17) is 4.74 Å². The number of nitrogens with zero attached hydrogens (tertiary/aromatic N) is 2. The smallest absolute Gasteiger partial charge is 0.326 e. The molecule has 6 nitrogen and oxygen atoms in total. The predicted octanol–water partition coefficient (Wildman–Crippen LogP) is 2.83. The number of morpholine rings is 1. The Morgan fingerprint density at radius 1 is 0.967 bits per heavy atom. The highest BCUT2D eigenvalue weighted by Crippen LogP contribution is 2.28. The van der Waals surface area contributed by atoms with E-state index in [0.717, 1.165) is 11.1 Å². The van der Waals surface area contributed by atoms with Crippen molar-refractivity contribution in [1.82, 2.24) is 15.1 Å². The number of urea groups is 1. The van der Waals surface area contributed by atoms with Gasteiger partial charge in [0.05, 0.1) is 19.4 Å². The molecule has 0 bridgehead atoms. The second kappa shape index (κ2) is 8.58. The van der Waals surface area contributed by atoms with Gasteiger partial charge in [-0.3, -0.25) is 9.69 Å². The number of benzene rings is 2. The van der Waals surface area contributed by atoms with Crippen molar-refractivity contribution >= 4 is 11.9 Å². The standard InChI is InChI=1S/C24H29N3O3/c1-18-16-30-19(2)15-26(18)17-27-22(28)24(25-23(27)29,13-20-9-5-3-6-10-20)14-21-11-7-4-8-12-21/h3-12,18-19H,13-17H2,1-2H3,(H,25,29). The van der Waals surface area contributed by atoms with Gasteiger partial charge in [0, 0.05) is 25.4 Å². The molecule has 4 rings (SSSR count). The van der Waals surface area contributed by atoms with Gasteiger partial charge < -0.3 is 10.1 Å². The van der Waals surface area contributed by atoms with Crippen LogP contribution in [-0.4, -0.2) is 59.2 Å². The molecule has 2 aromatic carbocycles. The molecule has 2 aromatic rings. The predicted molar refractivity (Wildman–Crippen MR) is 115 cm³/mol. The SMILES string of the molecule is CC1CN(CN2C(=O)NC(Cc3ccccc3)(Cc3ccccc3)C2=O)C(C)CO1. The molecule has 2 aliphatic rings. The zero-order valence-electron chi connectivity index (χ0n) is 17.6. The monoisotopic (exact) mass is 407 g/mol. The first kappa shape index (κ1) is 20.6. The first-order valence-corrected chi connectivity index (χ1v) is 10.5. The lowest BCUT2D eigenvalue weighted by atomic mass is 9.84. The van der Waals surface area contributed by atoms with Gasteiger partial charge in [-0.25, -0.2) is 9.69 Å². The molecule has 2 fully saturated rings. The summed E-state index contributed by atoms with van der Waals surface area (Å²) >= 11 is 0. The van der Waals surface area contributed by atoms with Crippen LogP contribution in [0.4, 0.5) is 4.79 Å². The van der Waals surface area contributed by atoms with Crippen molar-refractivity contribution in [2.45, 2.75) is 44.4 Å². The van der Waals surface area contributed by atoms with Crippen LogP contribution in [0.2, 0.25) is 0 Å². The molecule has 0 saturated carbocycles. The van der Waals surface area contributed by atoms with Crippen LogP contribution in [-0.2, 0) is 22.4 Å². The van der Waals surface area contributed by atoms with Crippen LogP contribution in [0.25, 0.3) is 0 Å². The Morgan fingerprint density at radius 3 is 2.10 bits per heavy atom. The average molecular weight is 408 g/mol. The summed E-state index contributed by atoms with van der Waals surface area (Å²) < 4.78 is 5.69. The fourth-order valence-electron chi connectivity index (χ4n) is 4.35. The Bertz CT molecular complexity index is 846. The molecule has 158 valence electrons. The second-order valence-electron chi connectivity index (χ2n) is 8.48. The Morgan fingerprint density at radius 2 is 1.53 bits per heavy atom. The molecule has 0 aromatic heterocycles. The Kier molecular flexibility index (Phi) is 5.88. The highest BCUT2D eigenvalue weighted by atomic mass is 16.5. The van der Waals surface area contributed by atoms with Crippen molar-refractivity contribution in [1.29, 1.82) is 0 Å². The van der Waals surface area contributed by atoms with Gasteiger partial charge in [0.1, 0.15) is 5.54 Å². The number of rotatable bonds is 6. The molecule has 0 aliphatic carbocycles. The van der Waals surface area contributed by atoms with E-state index in [1.54, 1.807) is 0 Å². The third kappa shape index (κ3) is 4.25. The molecule has 1 N–H and O–H groups in total. The lowest BCUT2D eigenvalue weighted by molar-refractivity contribution is -0.135. The fraction of sp³-hybridized carbons (Fsp3) is 0.417. The second-order valence-corrected chi connectivity index (χ2v) is 8.48. The average Bonchev–Trinajstić information content (AvgIpc) is 2.96. The van der Waals surface area contributed by atoms with Crippen LogP contribution in [0.3, 0.4) is 0 Å². The summed E-state index contributed by atoms with van der Waals surface area (Å²) in [5, 5.41) is 3.06. The van der Waals surface area contributed by atoms with Gasteiger partial charge in [0.25, 0.3) is 5.91 Å². The van der Waals surface area contributed by atoms with E-state index >= 15 is 0 Å². The lowest BCUT2D eigenvalue weighted by Crippen LogP contribution is -2.54. The van der Waals surface area contributed by atoms with Crippen molar-refractivity contribution in [2.24, 2.45) is 0 Å². The number of amides is 3. The number of ether oxygens (including phenoxy) is 1. The molecule has 2 heterocycles. The summed E-state index contributed by atoms with van der Waals surface area (Å²) in [6, 6.07) is 19.6. The van der Waals surface area contributed by atoms with Crippen LogP contribution >= 0.6 is 0 Å². The van der Waals surface area contributed by atoms with Crippen LogP contribution < -0.4 is 5.32 Å². The zero-order valence-corrected chi connectivity index (χ0v) is 17.6. The maximum Gasteiger partial charge on any atom is 0.326 e. The van der Waals surface area contributed by atoms with E-state index in [1.807, 2.05) is 67.6 Å². The van der Waals surface area contributed by atoms with E-state index in [2.05, 4.69) is 17.1 Å². The fourth-order valence-corrected chi connectivity index (χ4v) is 4.35. The zero-order chi connectivity index (χ0) is 21.1. The van der Waals surface area contributed by atoms with Crippen LogP contribution in [0, 0.1) is 0 Å². The summed E-state index contributed by atoms with van der Waals surface area (Å²) in [4.78, 5) is 30.2. The highest BCUT2D eigenvalue weighted by Gasteiger charge is 2.51. The third-order valence-corrected chi connectivity index (χ3v) is 6.00. The van der Waals surface area contributed by atoms with Crippen molar-refractivity contribution in [2.75, 3.05) is 19.8 Å². The van der Waals surface area contributed by atoms with Crippen molar-refractivity contribution in [3.05, 3.63) is 71.8 Å². The number of hydrogen-bond acceptors (Lipinski definition) is 4. The summed E-state index contributed by atoms with van der Waals surface area (Å²) in [6.45, 7) is 5.66. The van der Waals surface area contributed by atoms with Crippen LogP contribution in [0.1, 0.15) is 25.0 Å². The number of hydrogen-bond donors (Lipinski definition) is 1. The summed E-state index contributed by atoms with van der Waals surface area (Å²) in [6.07, 6.45) is 0.998. The maximum atomic E-state index is 13.7. The topological polar surface area (TPSA) is 61.9 Å². The number of carbonyl (C=O) groups is 2. The van der Waals surface area contributed by atoms with Crippen molar-refractivity contribution in [3.63, 3.8) is 0 Å². The van der Waals surface area contributed by atoms with E-state index in [1.165, 1.54) is 4.90 Å². The highest BCUT2D eigenvalue weighted by molar-refractivity contribution is 6.07. The van der Waals surface area contributed by atoms with Gasteiger partial charge in [0.15, 0.2) is 0 Å². The van der Waals surface area contributed by atoms with Gasteiger partial charge >= 0.3 is 6.03 Å². The number of imide groups is 1. The number of nitrogens with one attached hydrogen (secondary N) is 1. The van der Waals surface area contributed by atoms with Crippen molar-refractivity contribution in [3.8, 4) is 0 Å². The molecule has 2 unspecified atom stereocenters. The molecular weight excluding hydrogens is 378 g/mol. The molecule has 0 spiro atoms. The molecule has 2 atom stereocenters. The quantitative estimate of drug-likeness (QED) is 0.748. The largest absolute Gasteiger partial charge is 0.376 e. The van der Waals surface area contributed by atoms with Gasteiger partial charge in [-0.1, -0.05) is 60.7 Å². The van der Waals surface area contributed by atoms with Gasteiger partial charge in [-0.2, -0.15) is 0 Å². The molecule has 2 aliphatic heterocycles. The molecular formula is C24H29N3O3. The number of carbonyl (C=O) groups excluding carboxylic acids is 2. The normalized spacial score (nSPS) is 24.1. The summed E-state index contributed by atoms with van der Waals surface area (Å²) in [7, 11) is 0. The molecule has 6 heteroatoms. The van der Waals surface area contributed by atoms with E-state index < -0.39 is 5.54 Å². The minimum absolute atomic E-state index is 0.0837.